The van der Waals surface area contributed by atoms with Gasteiger partial charge in [-0.05, 0) is 24.6 Å². The van der Waals surface area contributed by atoms with Gasteiger partial charge >= 0.3 is 5.97 Å². The molecule has 0 atom stereocenters. The van der Waals surface area contributed by atoms with Crippen molar-refractivity contribution in [2.24, 2.45) is 0 Å². The van der Waals surface area contributed by atoms with Gasteiger partial charge in [0.15, 0.2) is 21.6 Å². The molecule has 1 amide bonds. The molecule has 1 heterocycles. The zero-order valence-electron chi connectivity index (χ0n) is 13.1. The lowest BCUT2D eigenvalue weighted by molar-refractivity contribution is -0.119. The van der Waals surface area contributed by atoms with E-state index >= 15 is 0 Å². The number of carbonyl (C=O) groups excluding carboxylic acids is 2. The predicted molar refractivity (Wildman–Crippen MR) is 90.8 cm³/mol. The summed E-state index contributed by atoms with van der Waals surface area (Å²) in [6, 6.07) is 6.00. The lowest BCUT2D eigenvalue weighted by Crippen LogP contribution is -2.20. The van der Waals surface area contributed by atoms with Crippen LogP contribution in [0.25, 0.3) is 0 Å². The second-order valence-electron chi connectivity index (χ2n) is 5.19. The fourth-order valence-corrected chi connectivity index (χ4v) is 3.32. The van der Waals surface area contributed by atoms with Gasteiger partial charge in [-0.15, -0.1) is 11.3 Å². The fourth-order valence-electron chi connectivity index (χ4n) is 1.82. The number of aryl methyl sites for hydroxylation is 1. The van der Waals surface area contributed by atoms with E-state index in [1.165, 1.54) is 35.6 Å². The van der Waals surface area contributed by atoms with Crippen LogP contribution >= 0.6 is 11.3 Å². The Balaban J connectivity index is 1.86. The molecule has 0 bridgehead atoms. The minimum Gasteiger partial charge on any atom is -0.452 e. The van der Waals surface area contributed by atoms with Crippen LogP contribution < -0.4 is 5.32 Å². The van der Waals surface area contributed by atoms with Crippen molar-refractivity contribution in [3.05, 3.63) is 46.5 Å². The summed E-state index contributed by atoms with van der Waals surface area (Å²) in [5.41, 5.74) is 1.61. The van der Waals surface area contributed by atoms with Gasteiger partial charge in [0.1, 0.15) is 0 Å². The number of hydrogen-bond acceptors (Lipinski definition) is 7. The van der Waals surface area contributed by atoms with Crippen LogP contribution in [-0.2, 0) is 25.1 Å². The van der Waals surface area contributed by atoms with Crippen LogP contribution in [0.5, 0.6) is 0 Å². The minimum atomic E-state index is -3.13. The molecule has 0 unspecified atom stereocenters. The molecule has 0 radical (unpaired) electrons. The van der Waals surface area contributed by atoms with Gasteiger partial charge in [-0.2, -0.15) is 0 Å². The summed E-state index contributed by atoms with van der Waals surface area (Å²) >= 11 is 1.28. The number of rotatable bonds is 6. The van der Waals surface area contributed by atoms with Gasteiger partial charge in [-0.1, -0.05) is 12.1 Å². The number of thiazole rings is 1. The molecule has 9 heteroatoms. The van der Waals surface area contributed by atoms with E-state index < -0.39 is 28.3 Å². The number of anilines is 1. The van der Waals surface area contributed by atoms with Gasteiger partial charge in [0.25, 0.3) is 5.91 Å². The second-order valence-corrected chi connectivity index (χ2v) is 8.18. The van der Waals surface area contributed by atoms with Crippen molar-refractivity contribution in [1.29, 1.82) is 0 Å². The molecule has 0 aliphatic rings. The molecule has 128 valence electrons. The molecule has 7 nitrogen and oxygen atoms in total. The van der Waals surface area contributed by atoms with Crippen molar-refractivity contribution in [3.8, 4) is 0 Å². The molecule has 0 saturated heterocycles. The Labute approximate surface area is 143 Å². The van der Waals surface area contributed by atoms with E-state index in [0.717, 1.165) is 11.9 Å². The van der Waals surface area contributed by atoms with Gasteiger partial charge < -0.3 is 4.74 Å². The number of nitrogens with one attached hydrogen (secondary N) is 1. The van der Waals surface area contributed by atoms with E-state index in [0.29, 0.717) is 10.7 Å². The lowest BCUT2D eigenvalue weighted by atomic mass is 10.1. The highest BCUT2D eigenvalue weighted by Gasteiger charge is 2.12. The summed E-state index contributed by atoms with van der Waals surface area (Å²) in [5, 5.41) is 4.76. The molecule has 0 aliphatic heterocycles. The van der Waals surface area contributed by atoms with Crippen molar-refractivity contribution in [1.82, 2.24) is 4.98 Å². The molecule has 2 aromatic rings. The average Bonchev–Trinajstić information content (AvgIpc) is 2.89. The lowest BCUT2D eigenvalue weighted by Gasteiger charge is -2.05. The number of ether oxygens (including phenoxy) is 1. The van der Waals surface area contributed by atoms with Crippen LogP contribution in [0.2, 0.25) is 0 Å². The van der Waals surface area contributed by atoms with E-state index in [9.17, 15) is 18.0 Å². The SMILES string of the molecule is Cc1csc(NC(=O)COC(=O)c2ccc(CS(C)(=O)=O)cc2)n1. The summed E-state index contributed by atoms with van der Waals surface area (Å²) in [6.45, 7) is 1.38. The Hall–Kier alpha value is -2.26. The Bertz CT molecular complexity index is 841. The molecule has 1 aromatic heterocycles. The average molecular weight is 368 g/mol. The first-order valence-corrected chi connectivity index (χ1v) is 9.83. The number of sulfone groups is 1. The minimum absolute atomic E-state index is 0.0992. The van der Waals surface area contributed by atoms with Gasteiger partial charge in [-0.3, -0.25) is 10.1 Å². The Morgan fingerprint density at radius 2 is 1.92 bits per heavy atom. The molecule has 1 aromatic carbocycles. The van der Waals surface area contributed by atoms with Crippen LogP contribution in [0.3, 0.4) is 0 Å². The highest BCUT2D eigenvalue weighted by molar-refractivity contribution is 7.89. The molecule has 0 saturated carbocycles. The van der Waals surface area contributed by atoms with Crippen molar-refractivity contribution >= 4 is 38.2 Å². The largest absolute Gasteiger partial charge is 0.452 e. The summed E-state index contributed by atoms with van der Waals surface area (Å²) < 4.78 is 27.3. The monoisotopic (exact) mass is 368 g/mol. The van der Waals surface area contributed by atoms with E-state index in [2.05, 4.69) is 10.3 Å². The molecule has 24 heavy (non-hydrogen) atoms. The fraction of sp³-hybridized carbons (Fsp3) is 0.267. The maximum Gasteiger partial charge on any atom is 0.338 e. The first kappa shape index (κ1) is 18.1. The molecule has 1 N–H and O–H groups in total. The van der Waals surface area contributed by atoms with Gasteiger partial charge in [-0.25, -0.2) is 18.2 Å². The van der Waals surface area contributed by atoms with Gasteiger partial charge in [0.05, 0.1) is 17.0 Å². The third-order valence-corrected chi connectivity index (χ3v) is 4.55. The molecule has 0 aliphatic carbocycles. The van der Waals surface area contributed by atoms with Crippen molar-refractivity contribution in [3.63, 3.8) is 0 Å². The molecule has 0 spiro atoms. The topological polar surface area (TPSA) is 102 Å². The number of esters is 1. The van der Waals surface area contributed by atoms with Crippen molar-refractivity contribution < 1.29 is 22.7 Å². The summed E-state index contributed by atoms with van der Waals surface area (Å²) in [7, 11) is -3.13. The second kappa shape index (κ2) is 7.54. The highest BCUT2D eigenvalue weighted by Crippen LogP contribution is 2.14. The summed E-state index contributed by atoms with van der Waals surface area (Å²) in [5.74, 6) is -1.24. The molecule has 0 fully saturated rings. The third kappa shape index (κ3) is 5.74. The first-order valence-electron chi connectivity index (χ1n) is 6.89. The maximum absolute atomic E-state index is 11.9. The molecule has 2 rings (SSSR count). The number of hydrogen-bond donors (Lipinski definition) is 1. The Kier molecular flexibility index (Phi) is 5.68. The van der Waals surface area contributed by atoms with Crippen LogP contribution in [0.15, 0.2) is 29.6 Å². The number of amides is 1. The first-order chi connectivity index (χ1) is 11.2. The van der Waals surface area contributed by atoms with Gasteiger partial charge in [0, 0.05) is 11.6 Å². The zero-order valence-corrected chi connectivity index (χ0v) is 14.7. The summed E-state index contributed by atoms with van der Waals surface area (Å²) in [6.07, 6.45) is 1.14. The molecular weight excluding hydrogens is 352 g/mol. The number of carbonyl (C=O) groups is 2. The smallest absolute Gasteiger partial charge is 0.338 e. The highest BCUT2D eigenvalue weighted by atomic mass is 32.2. The normalized spacial score (nSPS) is 11.1. The van der Waals surface area contributed by atoms with Crippen LogP contribution in [0.1, 0.15) is 21.6 Å². The van der Waals surface area contributed by atoms with E-state index in [1.54, 1.807) is 12.3 Å². The third-order valence-electron chi connectivity index (χ3n) is 2.82. The zero-order chi connectivity index (χ0) is 17.7. The Morgan fingerprint density at radius 3 is 2.46 bits per heavy atom. The van der Waals surface area contributed by atoms with Crippen LogP contribution in [-0.4, -0.2) is 38.1 Å². The van der Waals surface area contributed by atoms with E-state index in [-0.39, 0.29) is 11.3 Å². The number of benzene rings is 1. The Morgan fingerprint density at radius 1 is 1.25 bits per heavy atom. The summed E-state index contributed by atoms with van der Waals surface area (Å²) in [4.78, 5) is 27.6. The maximum atomic E-state index is 11.9. The van der Waals surface area contributed by atoms with Crippen molar-refractivity contribution in [2.75, 3.05) is 18.2 Å². The standard InChI is InChI=1S/C15H16N2O5S2/c1-10-8-23-15(16-10)17-13(18)7-22-14(19)12-5-3-11(4-6-12)9-24(2,20)21/h3-6,8H,7,9H2,1-2H3,(H,16,17,18). The quantitative estimate of drug-likeness (QED) is 0.780. The predicted octanol–water partition coefficient (Wildman–Crippen LogP) is 1.79. The van der Waals surface area contributed by atoms with E-state index in [4.69, 9.17) is 4.74 Å². The number of aromatic nitrogens is 1. The van der Waals surface area contributed by atoms with Crippen LogP contribution in [0, 0.1) is 6.92 Å². The van der Waals surface area contributed by atoms with Gasteiger partial charge in [0.2, 0.25) is 0 Å². The molecular formula is C15H16N2O5S2. The van der Waals surface area contributed by atoms with Crippen LogP contribution in [0.4, 0.5) is 5.13 Å². The van der Waals surface area contributed by atoms with Crippen molar-refractivity contribution in [2.45, 2.75) is 12.7 Å². The van der Waals surface area contributed by atoms with E-state index in [1.807, 2.05) is 0 Å². The number of nitrogens with zero attached hydrogens (tertiary/aromatic N) is 1.